The fourth-order valence-electron chi connectivity index (χ4n) is 2.95. The highest BCUT2D eigenvalue weighted by Crippen LogP contribution is 2.16. The number of hydrogen-bond acceptors (Lipinski definition) is 7. The van der Waals surface area contributed by atoms with Crippen molar-refractivity contribution in [2.24, 2.45) is 5.92 Å². The number of benzene rings is 1. The molecule has 29 heavy (non-hydrogen) atoms. The molecule has 2 rings (SSSR count). The van der Waals surface area contributed by atoms with Crippen molar-refractivity contribution < 1.29 is 33.4 Å². The highest BCUT2D eigenvalue weighted by atomic mass is 16.6. The molecule has 156 valence electrons. The second-order valence-corrected chi connectivity index (χ2v) is 6.90. The van der Waals surface area contributed by atoms with Gasteiger partial charge in [0.25, 0.3) is 0 Å². The van der Waals surface area contributed by atoms with E-state index in [-0.39, 0.29) is 37.8 Å². The molecular weight excluding hydrogens is 378 g/mol. The van der Waals surface area contributed by atoms with Crippen LogP contribution < -0.4 is 0 Å². The topological polar surface area (TPSA) is 107 Å². The van der Waals surface area contributed by atoms with Gasteiger partial charge in [-0.05, 0) is 5.56 Å². The van der Waals surface area contributed by atoms with E-state index in [0.29, 0.717) is 38.5 Å². The number of likely N-dealkylation sites (tertiary alicyclic amines) is 1. The number of Topliss-reactive ketones (excluding diaryl/α,β-unsaturated/α-hetero) is 1. The second-order valence-electron chi connectivity index (χ2n) is 6.90. The van der Waals surface area contributed by atoms with E-state index in [0.717, 1.165) is 5.56 Å². The monoisotopic (exact) mass is 403 g/mol. The summed E-state index contributed by atoms with van der Waals surface area (Å²) in [5.41, 5.74) is 0.909. The Morgan fingerprint density at radius 1 is 1.03 bits per heavy atom. The van der Waals surface area contributed by atoms with Crippen LogP contribution >= 0.6 is 0 Å². The van der Waals surface area contributed by atoms with Crippen molar-refractivity contribution in [2.75, 3.05) is 13.1 Å². The Balaban J connectivity index is 1.63. The molecular formula is C21H25NO7. The lowest BCUT2D eigenvalue weighted by molar-refractivity contribution is -0.151. The molecule has 0 saturated carbocycles. The summed E-state index contributed by atoms with van der Waals surface area (Å²) in [4.78, 5) is 58.4. The number of esters is 1. The minimum absolute atomic E-state index is 0.0678. The molecule has 1 amide bonds. The third-order valence-corrected chi connectivity index (χ3v) is 4.62. The molecule has 1 heterocycles. The maximum Gasteiger partial charge on any atom is 0.410 e. The highest BCUT2D eigenvalue weighted by Gasteiger charge is 2.26. The molecule has 1 aromatic carbocycles. The van der Waals surface area contributed by atoms with Crippen LogP contribution in [0.25, 0.3) is 0 Å². The zero-order chi connectivity index (χ0) is 21.1. The lowest BCUT2D eigenvalue weighted by Gasteiger charge is -2.31. The molecule has 8 nitrogen and oxygen atoms in total. The van der Waals surface area contributed by atoms with E-state index in [1.165, 1.54) is 0 Å². The second kappa shape index (κ2) is 11.7. The van der Waals surface area contributed by atoms with Crippen molar-refractivity contribution >= 4 is 30.4 Å². The molecule has 0 spiro atoms. The number of piperidine rings is 1. The van der Waals surface area contributed by atoms with Gasteiger partial charge in [-0.1, -0.05) is 30.3 Å². The summed E-state index contributed by atoms with van der Waals surface area (Å²) in [5, 5.41) is 0. The molecule has 1 saturated heterocycles. The van der Waals surface area contributed by atoms with Crippen LogP contribution in [0.1, 0.15) is 37.7 Å². The van der Waals surface area contributed by atoms with Gasteiger partial charge in [-0.25, -0.2) is 4.79 Å². The molecule has 0 radical (unpaired) electrons. The van der Waals surface area contributed by atoms with Gasteiger partial charge in [0.15, 0.2) is 0 Å². The Bertz CT molecular complexity index is 703. The molecule has 1 aliphatic rings. The summed E-state index contributed by atoms with van der Waals surface area (Å²) in [6, 6.07) is 9.39. The van der Waals surface area contributed by atoms with Gasteiger partial charge in [-0.15, -0.1) is 0 Å². The first kappa shape index (κ1) is 22.3. The zero-order valence-electron chi connectivity index (χ0n) is 16.2. The molecule has 0 atom stereocenters. The molecule has 0 N–H and O–H groups in total. The lowest BCUT2D eigenvalue weighted by Crippen LogP contribution is -2.41. The number of rotatable bonds is 10. The van der Waals surface area contributed by atoms with E-state index in [2.05, 4.69) is 0 Å². The van der Waals surface area contributed by atoms with Crippen LogP contribution in [0.15, 0.2) is 30.3 Å². The van der Waals surface area contributed by atoms with Crippen molar-refractivity contribution in [1.82, 2.24) is 4.90 Å². The van der Waals surface area contributed by atoms with Crippen LogP contribution in [0, 0.1) is 5.92 Å². The molecule has 1 fully saturated rings. The average Bonchev–Trinajstić information content (AvgIpc) is 2.75. The Hall–Kier alpha value is -3.03. The normalized spacial score (nSPS) is 14.3. The van der Waals surface area contributed by atoms with Crippen LogP contribution in [0.5, 0.6) is 0 Å². The summed E-state index contributed by atoms with van der Waals surface area (Å²) in [6.07, 6.45) is 0.770. The predicted octanol–water partition coefficient (Wildman–Crippen LogP) is 2.08. The smallest absolute Gasteiger partial charge is 0.410 e. The third kappa shape index (κ3) is 7.85. The van der Waals surface area contributed by atoms with Gasteiger partial charge in [0.1, 0.15) is 31.1 Å². The van der Waals surface area contributed by atoms with Crippen molar-refractivity contribution in [2.45, 2.75) is 44.8 Å². The number of carbonyl (C=O) groups is 5. The standard InChI is InChI=1S/C21H25NO7/c23-13-17(14-24)12-18(25)6-7-20(26)29-19-8-10-22(11-9-19)21(27)28-15-16-4-2-1-3-5-16/h1-5,13-14,17,19H,6-12,15H2. The van der Waals surface area contributed by atoms with Gasteiger partial charge >= 0.3 is 12.1 Å². The van der Waals surface area contributed by atoms with Crippen LogP contribution in [0.2, 0.25) is 0 Å². The molecule has 0 aromatic heterocycles. The van der Waals surface area contributed by atoms with Crippen LogP contribution in [0.4, 0.5) is 4.79 Å². The minimum Gasteiger partial charge on any atom is -0.462 e. The highest BCUT2D eigenvalue weighted by molar-refractivity contribution is 5.89. The Morgan fingerprint density at radius 2 is 1.69 bits per heavy atom. The zero-order valence-corrected chi connectivity index (χ0v) is 16.2. The first-order valence-corrected chi connectivity index (χ1v) is 9.59. The minimum atomic E-state index is -0.954. The largest absolute Gasteiger partial charge is 0.462 e. The van der Waals surface area contributed by atoms with Crippen LogP contribution in [0.3, 0.4) is 0 Å². The maximum absolute atomic E-state index is 12.1. The molecule has 8 heteroatoms. The summed E-state index contributed by atoms with van der Waals surface area (Å²) < 4.78 is 10.6. The average molecular weight is 403 g/mol. The summed E-state index contributed by atoms with van der Waals surface area (Å²) in [7, 11) is 0. The van der Waals surface area contributed by atoms with E-state index in [4.69, 9.17) is 9.47 Å². The number of ketones is 1. The molecule has 1 aliphatic heterocycles. The van der Waals surface area contributed by atoms with E-state index in [9.17, 15) is 24.0 Å². The van der Waals surface area contributed by atoms with Crippen molar-refractivity contribution in [3.8, 4) is 0 Å². The van der Waals surface area contributed by atoms with Gasteiger partial charge in [-0.2, -0.15) is 0 Å². The lowest BCUT2D eigenvalue weighted by atomic mass is 10.0. The van der Waals surface area contributed by atoms with Crippen molar-refractivity contribution in [3.63, 3.8) is 0 Å². The molecule has 0 aliphatic carbocycles. The van der Waals surface area contributed by atoms with Crippen LogP contribution in [-0.2, 0) is 35.3 Å². The summed E-state index contributed by atoms with van der Waals surface area (Å²) in [5.74, 6) is -1.79. The third-order valence-electron chi connectivity index (χ3n) is 4.62. The first-order chi connectivity index (χ1) is 14.0. The van der Waals surface area contributed by atoms with Gasteiger partial charge in [-0.3, -0.25) is 9.59 Å². The Morgan fingerprint density at radius 3 is 2.31 bits per heavy atom. The number of carbonyl (C=O) groups excluding carboxylic acids is 5. The number of nitrogens with zero attached hydrogens (tertiary/aromatic N) is 1. The number of aldehydes is 2. The predicted molar refractivity (Wildman–Crippen MR) is 102 cm³/mol. The summed E-state index contributed by atoms with van der Waals surface area (Å²) in [6.45, 7) is 1.05. The van der Waals surface area contributed by atoms with E-state index >= 15 is 0 Å². The Kier molecular flexibility index (Phi) is 9.01. The first-order valence-electron chi connectivity index (χ1n) is 9.59. The fourth-order valence-corrected chi connectivity index (χ4v) is 2.95. The van der Waals surface area contributed by atoms with Crippen molar-refractivity contribution in [3.05, 3.63) is 35.9 Å². The van der Waals surface area contributed by atoms with E-state index in [1.54, 1.807) is 4.90 Å². The number of amides is 1. The number of hydrogen-bond donors (Lipinski definition) is 0. The fraction of sp³-hybridized carbons (Fsp3) is 0.476. The van der Waals surface area contributed by atoms with Crippen molar-refractivity contribution in [1.29, 1.82) is 0 Å². The molecule has 0 unspecified atom stereocenters. The van der Waals surface area contributed by atoms with Crippen LogP contribution in [-0.4, -0.2) is 54.5 Å². The Labute approximate surface area is 169 Å². The molecule has 1 aromatic rings. The SMILES string of the molecule is O=CC(C=O)CC(=O)CCC(=O)OC1CCN(C(=O)OCc2ccccc2)CC1. The maximum atomic E-state index is 12.1. The van der Waals surface area contributed by atoms with Gasteiger partial charge in [0, 0.05) is 38.8 Å². The molecule has 0 bridgehead atoms. The van der Waals surface area contributed by atoms with Gasteiger partial charge in [0.2, 0.25) is 0 Å². The number of ether oxygens (including phenoxy) is 2. The van der Waals surface area contributed by atoms with E-state index in [1.807, 2.05) is 30.3 Å². The quantitative estimate of drug-likeness (QED) is 0.334. The van der Waals surface area contributed by atoms with E-state index < -0.39 is 18.0 Å². The van der Waals surface area contributed by atoms with Gasteiger partial charge < -0.3 is 24.0 Å². The van der Waals surface area contributed by atoms with Gasteiger partial charge in [0.05, 0.1) is 12.3 Å². The summed E-state index contributed by atoms with van der Waals surface area (Å²) >= 11 is 0.